The molecule has 0 aliphatic carbocycles. The van der Waals surface area contributed by atoms with Gasteiger partial charge >= 0.3 is 34.1 Å². The molecule has 0 saturated heterocycles. The number of aryl methyl sites for hydroxylation is 2. The first-order chi connectivity index (χ1) is 11.9. The van der Waals surface area contributed by atoms with E-state index in [-0.39, 0.29) is 34.1 Å². The van der Waals surface area contributed by atoms with Gasteiger partial charge in [-0.1, -0.05) is 26.7 Å². The van der Waals surface area contributed by atoms with Gasteiger partial charge in [0.1, 0.15) is 0 Å². The molecule has 136 valence electrons. The predicted molar refractivity (Wildman–Crippen MR) is 107 cm³/mol. The summed E-state index contributed by atoms with van der Waals surface area (Å²) in [7, 11) is 0. The molecule has 0 spiro atoms. The molecule has 0 fully saturated rings. The molecule has 0 N–H and O–H groups in total. The van der Waals surface area contributed by atoms with Crippen LogP contribution in [0.15, 0.2) is 109 Å². The summed E-state index contributed by atoms with van der Waals surface area (Å²) in [5.74, 6) is 0. The van der Waals surface area contributed by atoms with E-state index in [4.69, 9.17) is 0 Å². The van der Waals surface area contributed by atoms with E-state index < -0.39 is 0 Å². The second-order valence-corrected chi connectivity index (χ2v) is 5.22. The van der Waals surface area contributed by atoms with Gasteiger partial charge < -0.3 is 30.3 Å². The first-order valence-corrected chi connectivity index (χ1v) is 8.61. The summed E-state index contributed by atoms with van der Waals surface area (Å²) in [6.07, 6.45) is 2.32. The van der Waals surface area contributed by atoms with Crippen molar-refractivity contribution in [2.75, 3.05) is 0 Å². The van der Waals surface area contributed by atoms with Crippen LogP contribution in [-0.4, -0.2) is 0 Å². The summed E-state index contributed by atoms with van der Waals surface area (Å²) >= 11 is 0. The van der Waals surface area contributed by atoms with Crippen molar-refractivity contribution < 1.29 is 34.1 Å². The third-order valence-electron chi connectivity index (χ3n) is 3.39. The van der Waals surface area contributed by atoms with Gasteiger partial charge in [-0.05, 0) is 0 Å². The van der Waals surface area contributed by atoms with Crippen molar-refractivity contribution in [3.05, 3.63) is 120 Å². The maximum atomic E-state index is 2.16. The Hall–Kier alpha value is -1.56. The molecular weight excluding hydrogens is 400 g/mol. The Labute approximate surface area is 180 Å². The van der Waals surface area contributed by atoms with Crippen molar-refractivity contribution in [2.45, 2.75) is 26.7 Å². The molecule has 4 rings (SSSR count). The first kappa shape index (κ1) is 26.7. The van der Waals surface area contributed by atoms with E-state index in [9.17, 15) is 0 Å². The minimum absolute atomic E-state index is 0. The van der Waals surface area contributed by atoms with Gasteiger partial charge in [-0.15, -0.1) is 0 Å². The van der Waals surface area contributed by atoms with Crippen molar-refractivity contribution in [2.24, 2.45) is 0 Å². The van der Waals surface area contributed by atoms with Crippen LogP contribution < -0.4 is 0 Å². The molecule has 0 nitrogen and oxygen atoms in total. The van der Waals surface area contributed by atoms with E-state index in [2.05, 4.69) is 62.4 Å². The number of rotatable bonds is 2. The molecule has 0 aliphatic rings. The fourth-order valence-corrected chi connectivity index (χ4v) is 1.94. The SMILES string of the molecule is CC[c-]1cccc1.CC[c-]1cccc1.[Fe+6].[Fe+6].[cH-]1[cH-][cH-][cH-][cH-]1.c1cc[cH-]c1. The van der Waals surface area contributed by atoms with E-state index >= 15 is 0 Å². The minimum atomic E-state index is 0. The topological polar surface area (TPSA) is 0 Å². The molecule has 0 heterocycles. The molecule has 4 aromatic carbocycles. The summed E-state index contributed by atoms with van der Waals surface area (Å²) in [5.41, 5.74) is 2.86. The molecule has 2 heteroatoms. The molecule has 0 unspecified atom stereocenters. The van der Waals surface area contributed by atoms with Crippen LogP contribution in [0.5, 0.6) is 0 Å². The molecule has 0 atom stereocenters. The summed E-state index contributed by atoms with van der Waals surface area (Å²) in [4.78, 5) is 0. The molecule has 0 aliphatic heterocycles. The average molecular weight is 428 g/mol. The van der Waals surface area contributed by atoms with Crippen molar-refractivity contribution in [3.63, 3.8) is 0 Å². The normalized spacial score (nSPS) is 8.08. The Balaban J connectivity index is 0. The zero-order chi connectivity index (χ0) is 17.3. The maximum Gasteiger partial charge on any atom is 6.00 e. The van der Waals surface area contributed by atoms with Crippen molar-refractivity contribution in [3.8, 4) is 0 Å². The molecule has 4 aromatic rings. The average Bonchev–Trinajstić information content (AvgIpc) is 3.46. The standard InChI is InChI=1S/2C7H9.2C5H5.2Fe/c2*1-2-7-5-3-4-6-7;2*1-2-4-5-3-1;;/h2*3-6H,2H2,1H3;2*1-5H;;/q2*-1;-5;-1;2*+6. The molecule has 0 saturated carbocycles. The summed E-state index contributed by atoms with van der Waals surface area (Å²) in [5, 5.41) is 0. The largest absolute Gasteiger partial charge is 6.00 e. The van der Waals surface area contributed by atoms with E-state index in [1.165, 1.54) is 11.1 Å². The van der Waals surface area contributed by atoms with Gasteiger partial charge in [-0.2, -0.15) is 53.6 Å². The van der Waals surface area contributed by atoms with Crippen molar-refractivity contribution >= 4 is 0 Å². The molecule has 0 bridgehead atoms. The monoisotopic (exact) mass is 428 g/mol. The van der Waals surface area contributed by atoms with Gasteiger partial charge in [0.15, 0.2) is 0 Å². The third-order valence-corrected chi connectivity index (χ3v) is 3.39. The second-order valence-electron chi connectivity index (χ2n) is 5.22. The quantitative estimate of drug-likeness (QED) is 0.245. The minimum Gasteiger partial charge on any atom is -0.748 e. The van der Waals surface area contributed by atoms with E-state index in [1.807, 2.05) is 60.7 Å². The zero-order valence-electron chi connectivity index (χ0n) is 15.5. The fourth-order valence-electron chi connectivity index (χ4n) is 1.94. The van der Waals surface area contributed by atoms with Crippen LogP contribution in [0.3, 0.4) is 0 Å². The molecular formula is C24H28Fe2+4. The summed E-state index contributed by atoms with van der Waals surface area (Å²) < 4.78 is 0. The summed E-state index contributed by atoms with van der Waals surface area (Å²) in [6, 6.07) is 36.8. The molecule has 0 amide bonds. The van der Waals surface area contributed by atoms with Crippen LogP contribution in [0.25, 0.3) is 0 Å². The number of hydrogen-bond donors (Lipinski definition) is 0. The Kier molecular flexibility index (Phi) is 20.3. The second kappa shape index (κ2) is 19.8. The maximum absolute atomic E-state index is 2.16. The van der Waals surface area contributed by atoms with Crippen LogP contribution in [-0.2, 0) is 47.0 Å². The van der Waals surface area contributed by atoms with Crippen molar-refractivity contribution in [1.82, 2.24) is 0 Å². The van der Waals surface area contributed by atoms with Crippen LogP contribution in [0, 0.1) is 0 Å². The zero-order valence-corrected chi connectivity index (χ0v) is 17.7. The Bertz CT molecular complexity index is 532. The van der Waals surface area contributed by atoms with Gasteiger partial charge in [0, 0.05) is 0 Å². The smallest absolute Gasteiger partial charge is 0.748 e. The molecule has 0 aromatic heterocycles. The fraction of sp³-hybridized carbons (Fsp3) is 0.167. The van der Waals surface area contributed by atoms with Gasteiger partial charge in [0.05, 0.1) is 0 Å². The van der Waals surface area contributed by atoms with Gasteiger partial charge in [-0.25, -0.2) is 36.4 Å². The van der Waals surface area contributed by atoms with Crippen LogP contribution in [0.1, 0.15) is 25.0 Å². The van der Waals surface area contributed by atoms with Crippen molar-refractivity contribution in [1.29, 1.82) is 0 Å². The number of hydrogen-bond acceptors (Lipinski definition) is 0. The third kappa shape index (κ3) is 14.8. The van der Waals surface area contributed by atoms with Crippen LogP contribution in [0.2, 0.25) is 0 Å². The molecule has 26 heavy (non-hydrogen) atoms. The Morgan fingerprint density at radius 1 is 0.538 bits per heavy atom. The van der Waals surface area contributed by atoms with Gasteiger partial charge in [0.2, 0.25) is 0 Å². The van der Waals surface area contributed by atoms with Crippen LogP contribution in [0.4, 0.5) is 0 Å². The van der Waals surface area contributed by atoms with Gasteiger partial charge in [0.25, 0.3) is 0 Å². The first-order valence-electron chi connectivity index (χ1n) is 8.61. The van der Waals surface area contributed by atoms with Gasteiger partial charge in [-0.3, -0.25) is 0 Å². The van der Waals surface area contributed by atoms with E-state index in [0.717, 1.165) is 12.8 Å². The summed E-state index contributed by atoms with van der Waals surface area (Å²) in [6.45, 7) is 4.32. The Morgan fingerprint density at radius 2 is 0.846 bits per heavy atom. The van der Waals surface area contributed by atoms with E-state index in [0.29, 0.717) is 0 Å². The molecule has 0 radical (unpaired) electrons. The Morgan fingerprint density at radius 3 is 1.00 bits per heavy atom. The van der Waals surface area contributed by atoms with Crippen LogP contribution >= 0.6 is 0 Å². The predicted octanol–water partition coefficient (Wildman–Crippen LogP) is 6.74. The van der Waals surface area contributed by atoms with E-state index in [1.54, 1.807) is 0 Å².